The van der Waals surface area contributed by atoms with E-state index in [4.69, 9.17) is 0 Å². The Morgan fingerprint density at radius 2 is 1.65 bits per heavy atom. The Morgan fingerprint density at radius 3 is 2.18 bits per heavy atom. The van der Waals surface area contributed by atoms with Crippen molar-refractivity contribution in [3.63, 3.8) is 0 Å². The third kappa shape index (κ3) is 3.90. The van der Waals surface area contributed by atoms with Crippen LogP contribution in [0.1, 0.15) is 37.0 Å². The summed E-state index contributed by atoms with van der Waals surface area (Å²) in [4.78, 5) is 23.2. The van der Waals surface area contributed by atoms with E-state index in [9.17, 15) is 9.59 Å². The van der Waals surface area contributed by atoms with Gasteiger partial charge in [-0.3, -0.25) is 20.4 Å². The zero-order chi connectivity index (χ0) is 12.7. The number of rotatable bonds is 4. The highest BCUT2D eigenvalue weighted by atomic mass is 16.2. The summed E-state index contributed by atoms with van der Waals surface area (Å²) in [7, 11) is 0. The van der Waals surface area contributed by atoms with Crippen molar-refractivity contribution in [2.24, 2.45) is 5.92 Å². The van der Waals surface area contributed by atoms with E-state index in [1.807, 2.05) is 19.9 Å². The van der Waals surface area contributed by atoms with E-state index in [0.717, 1.165) is 12.8 Å². The van der Waals surface area contributed by atoms with Crippen LogP contribution in [0, 0.1) is 5.92 Å². The molecule has 0 spiro atoms. The molecule has 2 amide bonds. The van der Waals surface area contributed by atoms with Crippen molar-refractivity contribution in [2.45, 2.75) is 26.7 Å². The summed E-state index contributed by atoms with van der Waals surface area (Å²) in [5, 5.41) is 0. The molecule has 0 bridgehead atoms. The summed E-state index contributed by atoms with van der Waals surface area (Å²) < 4.78 is 0. The maximum absolute atomic E-state index is 11.6. The SMILES string of the molecule is CCC(CC)C(=O)NNC(=O)c1ccccc1. The van der Waals surface area contributed by atoms with Crippen molar-refractivity contribution in [3.8, 4) is 0 Å². The van der Waals surface area contributed by atoms with Gasteiger partial charge in [-0.15, -0.1) is 0 Å². The van der Waals surface area contributed by atoms with Crippen molar-refractivity contribution in [3.05, 3.63) is 35.9 Å². The van der Waals surface area contributed by atoms with Gasteiger partial charge in [0.15, 0.2) is 0 Å². The van der Waals surface area contributed by atoms with Crippen LogP contribution in [0.15, 0.2) is 30.3 Å². The zero-order valence-electron chi connectivity index (χ0n) is 10.2. The molecule has 0 saturated heterocycles. The molecule has 4 nitrogen and oxygen atoms in total. The quantitative estimate of drug-likeness (QED) is 0.781. The topological polar surface area (TPSA) is 58.2 Å². The number of benzene rings is 1. The van der Waals surface area contributed by atoms with Crippen LogP contribution in [-0.2, 0) is 4.79 Å². The minimum atomic E-state index is -0.301. The van der Waals surface area contributed by atoms with E-state index >= 15 is 0 Å². The highest BCUT2D eigenvalue weighted by Crippen LogP contribution is 2.06. The Balaban J connectivity index is 2.46. The minimum absolute atomic E-state index is 0.0499. The second-order valence-electron chi connectivity index (χ2n) is 3.82. The Labute approximate surface area is 101 Å². The first-order chi connectivity index (χ1) is 8.19. The van der Waals surface area contributed by atoms with Crippen molar-refractivity contribution in [1.82, 2.24) is 10.9 Å². The van der Waals surface area contributed by atoms with Gasteiger partial charge >= 0.3 is 0 Å². The first-order valence-corrected chi connectivity index (χ1v) is 5.84. The largest absolute Gasteiger partial charge is 0.273 e. The monoisotopic (exact) mass is 234 g/mol. The maximum Gasteiger partial charge on any atom is 0.269 e. The smallest absolute Gasteiger partial charge is 0.269 e. The minimum Gasteiger partial charge on any atom is -0.273 e. The summed E-state index contributed by atoms with van der Waals surface area (Å²) in [6.07, 6.45) is 1.53. The standard InChI is InChI=1S/C13H18N2O2/c1-3-10(4-2)12(16)14-15-13(17)11-8-6-5-7-9-11/h5-10H,3-4H2,1-2H3,(H,14,16)(H,15,17). The normalized spacial score (nSPS) is 10.1. The van der Waals surface area contributed by atoms with Crippen LogP contribution in [0.2, 0.25) is 0 Å². The molecular formula is C13H18N2O2. The average molecular weight is 234 g/mol. The Kier molecular flexibility index (Phi) is 5.20. The van der Waals surface area contributed by atoms with Crippen LogP contribution in [0.3, 0.4) is 0 Å². The van der Waals surface area contributed by atoms with Crippen molar-refractivity contribution in [2.75, 3.05) is 0 Å². The lowest BCUT2D eigenvalue weighted by Gasteiger charge is -2.13. The van der Waals surface area contributed by atoms with Crippen LogP contribution >= 0.6 is 0 Å². The number of carbonyl (C=O) groups is 2. The summed E-state index contributed by atoms with van der Waals surface area (Å²) in [6.45, 7) is 3.90. The zero-order valence-corrected chi connectivity index (χ0v) is 10.2. The average Bonchev–Trinajstić information content (AvgIpc) is 2.38. The van der Waals surface area contributed by atoms with Gasteiger partial charge in [0.25, 0.3) is 5.91 Å². The van der Waals surface area contributed by atoms with Crippen LogP contribution < -0.4 is 10.9 Å². The molecule has 0 aliphatic carbocycles. The van der Waals surface area contributed by atoms with Crippen LogP contribution in [0.25, 0.3) is 0 Å². The summed E-state index contributed by atoms with van der Waals surface area (Å²) in [5.74, 6) is -0.490. The number of hydrogen-bond donors (Lipinski definition) is 2. The lowest BCUT2D eigenvalue weighted by molar-refractivity contribution is -0.125. The van der Waals surface area contributed by atoms with Gasteiger partial charge in [-0.2, -0.15) is 0 Å². The molecule has 0 fully saturated rings. The fourth-order valence-corrected chi connectivity index (χ4v) is 1.54. The van der Waals surface area contributed by atoms with Crippen molar-refractivity contribution in [1.29, 1.82) is 0 Å². The third-order valence-electron chi connectivity index (χ3n) is 2.69. The number of hydrazine groups is 1. The summed E-state index contributed by atoms with van der Waals surface area (Å²) in [6, 6.07) is 8.77. The predicted molar refractivity (Wildman–Crippen MR) is 66.1 cm³/mol. The molecule has 2 N–H and O–H groups in total. The maximum atomic E-state index is 11.6. The lowest BCUT2D eigenvalue weighted by atomic mass is 10.0. The molecule has 17 heavy (non-hydrogen) atoms. The molecule has 0 radical (unpaired) electrons. The molecule has 0 aromatic heterocycles. The van der Waals surface area contributed by atoms with Crippen molar-refractivity contribution < 1.29 is 9.59 Å². The van der Waals surface area contributed by atoms with Crippen molar-refractivity contribution >= 4 is 11.8 Å². The van der Waals surface area contributed by atoms with Gasteiger partial charge in [0, 0.05) is 11.5 Å². The lowest BCUT2D eigenvalue weighted by Crippen LogP contribution is -2.44. The first-order valence-electron chi connectivity index (χ1n) is 5.84. The molecule has 0 atom stereocenters. The number of carbonyl (C=O) groups excluding carboxylic acids is 2. The second kappa shape index (κ2) is 6.68. The fraction of sp³-hybridized carbons (Fsp3) is 0.385. The summed E-state index contributed by atoms with van der Waals surface area (Å²) >= 11 is 0. The van der Waals surface area contributed by atoms with Gasteiger partial charge in [0.2, 0.25) is 5.91 Å². The second-order valence-corrected chi connectivity index (χ2v) is 3.82. The van der Waals surface area contributed by atoms with E-state index in [-0.39, 0.29) is 17.7 Å². The molecule has 1 rings (SSSR count). The fourth-order valence-electron chi connectivity index (χ4n) is 1.54. The van der Waals surface area contributed by atoms with Crippen LogP contribution in [-0.4, -0.2) is 11.8 Å². The van der Waals surface area contributed by atoms with E-state index in [0.29, 0.717) is 5.56 Å². The molecular weight excluding hydrogens is 216 g/mol. The molecule has 4 heteroatoms. The van der Waals surface area contributed by atoms with Gasteiger partial charge in [0.1, 0.15) is 0 Å². The van der Waals surface area contributed by atoms with Gasteiger partial charge in [-0.1, -0.05) is 32.0 Å². The van der Waals surface area contributed by atoms with Gasteiger partial charge in [-0.25, -0.2) is 0 Å². The molecule has 92 valence electrons. The summed E-state index contributed by atoms with van der Waals surface area (Å²) in [5.41, 5.74) is 5.38. The van der Waals surface area contributed by atoms with Gasteiger partial charge in [0.05, 0.1) is 0 Å². The molecule has 0 aliphatic rings. The first kappa shape index (κ1) is 13.2. The molecule has 1 aromatic rings. The van der Waals surface area contributed by atoms with E-state index in [1.165, 1.54) is 0 Å². The Morgan fingerprint density at radius 1 is 1.06 bits per heavy atom. The van der Waals surface area contributed by atoms with E-state index in [2.05, 4.69) is 10.9 Å². The molecule has 1 aromatic carbocycles. The van der Waals surface area contributed by atoms with E-state index in [1.54, 1.807) is 24.3 Å². The number of hydrogen-bond acceptors (Lipinski definition) is 2. The van der Waals surface area contributed by atoms with Gasteiger partial charge < -0.3 is 0 Å². The molecule has 0 heterocycles. The highest BCUT2D eigenvalue weighted by molar-refractivity contribution is 5.95. The van der Waals surface area contributed by atoms with Crippen LogP contribution in [0.5, 0.6) is 0 Å². The molecule has 0 aliphatic heterocycles. The molecule has 0 saturated carbocycles. The van der Waals surface area contributed by atoms with E-state index < -0.39 is 0 Å². The molecule has 0 unspecified atom stereocenters. The third-order valence-corrected chi connectivity index (χ3v) is 2.69. The van der Waals surface area contributed by atoms with Crippen LogP contribution in [0.4, 0.5) is 0 Å². The Hall–Kier alpha value is -1.84. The van der Waals surface area contributed by atoms with Gasteiger partial charge in [-0.05, 0) is 25.0 Å². The number of nitrogens with one attached hydrogen (secondary N) is 2. The predicted octanol–water partition coefficient (Wildman–Crippen LogP) is 1.88. The highest BCUT2D eigenvalue weighted by Gasteiger charge is 2.14. The Bertz CT molecular complexity index is 372. The number of amides is 2.